The lowest BCUT2D eigenvalue weighted by molar-refractivity contribution is -0.142. The van der Waals surface area contributed by atoms with Crippen molar-refractivity contribution in [2.45, 2.75) is 89.4 Å². The molecule has 0 saturated carbocycles. The lowest BCUT2D eigenvalue weighted by Gasteiger charge is -2.28. The second-order valence-electron chi connectivity index (χ2n) is 8.73. The van der Waals surface area contributed by atoms with Gasteiger partial charge in [-0.25, -0.2) is 4.79 Å². The van der Waals surface area contributed by atoms with Crippen molar-refractivity contribution in [2.75, 3.05) is 6.54 Å². The number of carboxylic acid groups (broad SMARTS) is 1. The quantitative estimate of drug-likeness (QED) is 0.0848. The number of primary amides is 2. The van der Waals surface area contributed by atoms with Crippen LogP contribution in [0.15, 0.2) is 0 Å². The highest BCUT2D eigenvalue weighted by molar-refractivity contribution is 5.94. The van der Waals surface area contributed by atoms with E-state index in [2.05, 4.69) is 16.0 Å². The van der Waals surface area contributed by atoms with Crippen molar-refractivity contribution < 1.29 is 33.9 Å². The molecule has 0 aliphatic rings. The van der Waals surface area contributed by atoms with Gasteiger partial charge in [-0.3, -0.25) is 24.0 Å². The molecule has 0 heterocycles. The first-order valence-corrected chi connectivity index (χ1v) is 12.0. The molecule has 0 saturated heterocycles. The van der Waals surface area contributed by atoms with E-state index in [1.807, 2.05) is 0 Å². The van der Waals surface area contributed by atoms with Crippen LogP contribution in [0.1, 0.15) is 65.2 Å². The summed E-state index contributed by atoms with van der Waals surface area (Å²) in [6.07, 6.45) is 1.09. The van der Waals surface area contributed by atoms with Gasteiger partial charge in [-0.2, -0.15) is 0 Å². The molecule has 14 heteroatoms. The Morgan fingerprint density at radius 2 is 1.33 bits per heavy atom. The molecule has 14 nitrogen and oxygen atoms in total. The third kappa shape index (κ3) is 13.0. The van der Waals surface area contributed by atoms with Gasteiger partial charge in [0.15, 0.2) is 0 Å². The Labute approximate surface area is 210 Å². The van der Waals surface area contributed by atoms with Gasteiger partial charge in [0, 0.05) is 12.8 Å². The van der Waals surface area contributed by atoms with Crippen molar-refractivity contribution in [3.05, 3.63) is 0 Å². The minimum absolute atomic E-state index is 0.0135. The van der Waals surface area contributed by atoms with Gasteiger partial charge in [0.25, 0.3) is 0 Å². The molecule has 206 valence electrons. The standard InChI is InChI=1S/C22H41N7O7/c1-3-12(2)18(29-19(32)13(24)7-9-16(25)30)21(34)27-14(8-10-17(26)31)20(33)28-15(22(35)36)6-4-5-11-23/h12-15,18H,3-11,23-24H2,1-2H3,(H2,25,30)(H2,26,31)(H,27,34)(H,28,33)(H,29,32)(H,35,36). The summed E-state index contributed by atoms with van der Waals surface area (Å²) < 4.78 is 0. The third-order valence-electron chi connectivity index (χ3n) is 5.71. The highest BCUT2D eigenvalue weighted by Gasteiger charge is 2.32. The number of unbranched alkanes of at least 4 members (excludes halogenated alkanes) is 1. The van der Waals surface area contributed by atoms with Crippen molar-refractivity contribution in [1.29, 1.82) is 0 Å². The Bertz CT molecular complexity index is 778. The lowest BCUT2D eigenvalue weighted by atomic mass is 9.96. The number of rotatable bonds is 19. The molecule has 5 amide bonds. The molecule has 5 atom stereocenters. The van der Waals surface area contributed by atoms with Crippen LogP contribution in [0, 0.1) is 5.92 Å². The number of carboxylic acids is 1. The summed E-state index contributed by atoms with van der Waals surface area (Å²) in [5, 5.41) is 16.8. The number of nitrogens with one attached hydrogen (secondary N) is 3. The van der Waals surface area contributed by atoms with E-state index in [4.69, 9.17) is 22.9 Å². The van der Waals surface area contributed by atoms with Crippen LogP contribution in [0.2, 0.25) is 0 Å². The zero-order chi connectivity index (χ0) is 27.8. The number of nitrogens with two attached hydrogens (primary N) is 4. The molecule has 12 N–H and O–H groups in total. The van der Waals surface area contributed by atoms with Crippen molar-refractivity contribution in [1.82, 2.24) is 16.0 Å². The molecule has 0 aliphatic carbocycles. The fraction of sp³-hybridized carbons (Fsp3) is 0.727. The minimum Gasteiger partial charge on any atom is -0.480 e. The summed E-state index contributed by atoms with van der Waals surface area (Å²) >= 11 is 0. The van der Waals surface area contributed by atoms with E-state index >= 15 is 0 Å². The third-order valence-corrected chi connectivity index (χ3v) is 5.71. The number of aliphatic carboxylic acids is 1. The summed E-state index contributed by atoms with van der Waals surface area (Å²) in [5.41, 5.74) is 21.5. The van der Waals surface area contributed by atoms with Gasteiger partial charge >= 0.3 is 5.97 Å². The van der Waals surface area contributed by atoms with Gasteiger partial charge < -0.3 is 44.0 Å². The summed E-state index contributed by atoms with van der Waals surface area (Å²) in [5.74, 6) is -5.18. The zero-order valence-corrected chi connectivity index (χ0v) is 21.0. The van der Waals surface area contributed by atoms with Crippen LogP contribution in [-0.4, -0.2) is 71.3 Å². The van der Waals surface area contributed by atoms with Crippen molar-refractivity contribution in [3.63, 3.8) is 0 Å². The van der Waals surface area contributed by atoms with Crippen molar-refractivity contribution in [2.24, 2.45) is 28.9 Å². The maximum absolute atomic E-state index is 13.1. The topological polar surface area (TPSA) is 263 Å². The Balaban J connectivity index is 5.56. The van der Waals surface area contributed by atoms with E-state index in [1.165, 1.54) is 0 Å². The van der Waals surface area contributed by atoms with Gasteiger partial charge in [-0.15, -0.1) is 0 Å². The number of amides is 5. The van der Waals surface area contributed by atoms with Crippen LogP contribution in [0.25, 0.3) is 0 Å². The summed E-state index contributed by atoms with van der Waals surface area (Å²) in [7, 11) is 0. The monoisotopic (exact) mass is 515 g/mol. The molecule has 0 bridgehead atoms. The minimum atomic E-state index is -1.28. The first-order chi connectivity index (χ1) is 16.8. The normalized spacial score (nSPS) is 15.0. The lowest BCUT2D eigenvalue weighted by Crippen LogP contribution is -2.58. The smallest absolute Gasteiger partial charge is 0.326 e. The fourth-order valence-electron chi connectivity index (χ4n) is 3.23. The Hall–Kier alpha value is -3.26. The van der Waals surface area contributed by atoms with Gasteiger partial charge in [0.2, 0.25) is 29.5 Å². The predicted molar refractivity (Wildman–Crippen MR) is 131 cm³/mol. The van der Waals surface area contributed by atoms with Crippen LogP contribution in [-0.2, 0) is 28.8 Å². The first kappa shape index (κ1) is 32.7. The summed E-state index contributed by atoms with van der Waals surface area (Å²) in [6, 6.07) is -4.68. The van der Waals surface area contributed by atoms with E-state index in [-0.39, 0.29) is 38.0 Å². The number of carbonyl (C=O) groups excluding carboxylic acids is 5. The fourth-order valence-corrected chi connectivity index (χ4v) is 3.23. The largest absolute Gasteiger partial charge is 0.480 e. The number of hydrogen-bond acceptors (Lipinski definition) is 8. The number of hydrogen-bond donors (Lipinski definition) is 8. The molecule has 36 heavy (non-hydrogen) atoms. The highest BCUT2D eigenvalue weighted by atomic mass is 16.4. The molecular formula is C22H41N7O7. The molecule has 0 fully saturated rings. The summed E-state index contributed by atoms with van der Waals surface area (Å²) in [4.78, 5) is 72.3. The van der Waals surface area contributed by atoms with Gasteiger partial charge in [0.05, 0.1) is 6.04 Å². The Kier molecular flexibility index (Phi) is 15.7. The molecule has 0 rings (SSSR count). The van der Waals surface area contributed by atoms with E-state index in [1.54, 1.807) is 13.8 Å². The van der Waals surface area contributed by atoms with Crippen LogP contribution in [0.5, 0.6) is 0 Å². The molecule has 0 aliphatic heterocycles. The van der Waals surface area contributed by atoms with Gasteiger partial charge in [-0.1, -0.05) is 20.3 Å². The average molecular weight is 516 g/mol. The maximum Gasteiger partial charge on any atom is 0.326 e. The average Bonchev–Trinajstić information content (AvgIpc) is 2.81. The van der Waals surface area contributed by atoms with E-state index in [9.17, 15) is 33.9 Å². The molecule has 0 aromatic heterocycles. The van der Waals surface area contributed by atoms with Gasteiger partial charge in [0.1, 0.15) is 18.1 Å². The highest BCUT2D eigenvalue weighted by Crippen LogP contribution is 2.11. The Morgan fingerprint density at radius 1 is 0.778 bits per heavy atom. The van der Waals surface area contributed by atoms with Crippen molar-refractivity contribution in [3.8, 4) is 0 Å². The van der Waals surface area contributed by atoms with Crippen LogP contribution >= 0.6 is 0 Å². The van der Waals surface area contributed by atoms with Crippen molar-refractivity contribution >= 4 is 35.5 Å². The SMILES string of the molecule is CCC(C)C(NC(=O)C(N)CCC(N)=O)C(=O)NC(CCC(N)=O)C(=O)NC(CCCCN)C(=O)O. The molecule has 0 spiro atoms. The summed E-state index contributed by atoms with van der Waals surface area (Å²) in [6.45, 7) is 3.86. The predicted octanol–water partition coefficient (Wildman–Crippen LogP) is -2.44. The molecule has 0 aromatic rings. The van der Waals surface area contributed by atoms with Crippen LogP contribution in [0.4, 0.5) is 0 Å². The maximum atomic E-state index is 13.1. The zero-order valence-electron chi connectivity index (χ0n) is 21.0. The molecule has 0 radical (unpaired) electrons. The molecular weight excluding hydrogens is 474 g/mol. The van der Waals surface area contributed by atoms with E-state index < -0.39 is 59.7 Å². The molecule has 5 unspecified atom stereocenters. The van der Waals surface area contributed by atoms with Crippen LogP contribution < -0.4 is 38.9 Å². The molecule has 0 aromatic carbocycles. The first-order valence-electron chi connectivity index (χ1n) is 12.0. The second-order valence-corrected chi connectivity index (χ2v) is 8.73. The second kappa shape index (κ2) is 17.2. The van der Waals surface area contributed by atoms with Gasteiger partial charge in [-0.05, 0) is 44.6 Å². The van der Waals surface area contributed by atoms with Crippen LogP contribution in [0.3, 0.4) is 0 Å². The van der Waals surface area contributed by atoms with E-state index in [0.29, 0.717) is 25.8 Å². The Morgan fingerprint density at radius 3 is 1.83 bits per heavy atom. The van der Waals surface area contributed by atoms with E-state index in [0.717, 1.165) is 0 Å². The number of carbonyl (C=O) groups is 6.